The van der Waals surface area contributed by atoms with E-state index in [1.807, 2.05) is 0 Å². The van der Waals surface area contributed by atoms with Crippen LogP contribution in [0.4, 0.5) is 0 Å². The van der Waals surface area contributed by atoms with E-state index < -0.39 is 0 Å². The summed E-state index contributed by atoms with van der Waals surface area (Å²) in [4.78, 5) is 0. The van der Waals surface area contributed by atoms with Crippen molar-refractivity contribution in [1.82, 2.24) is 4.57 Å². The molecule has 0 radical (unpaired) electrons. The van der Waals surface area contributed by atoms with Gasteiger partial charge in [-0.15, -0.1) is 0 Å². The molecule has 3 aromatic rings. The molecule has 23 heavy (non-hydrogen) atoms. The second kappa shape index (κ2) is 6.01. The van der Waals surface area contributed by atoms with Crippen molar-refractivity contribution in [2.24, 2.45) is 0 Å². The molecule has 0 saturated carbocycles. The van der Waals surface area contributed by atoms with Crippen LogP contribution in [0.15, 0.2) is 65.1 Å². The molecule has 2 heteroatoms. The van der Waals surface area contributed by atoms with Crippen molar-refractivity contribution < 1.29 is 0 Å². The molecule has 1 aromatic heterocycles. The van der Waals surface area contributed by atoms with Crippen LogP contribution >= 0.6 is 15.9 Å². The van der Waals surface area contributed by atoms with Crippen LogP contribution in [-0.2, 0) is 5.41 Å². The lowest BCUT2D eigenvalue weighted by atomic mass is 9.87. The van der Waals surface area contributed by atoms with E-state index in [1.165, 1.54) is 28.2 Å². The molecule has 0 aliphatic rings. The minimum atomic E-state index is 0.179. The summed E-state index contributed by atoms with van der Waals surface area (Å²) in [5.41, 5.74) is 6.43. The summed E-state index contributed by atoms with van der Waals surface area (Å²) in [5, 5.41) is 0. The quantitative estimate of drug-likeness (QED) is 0.486. The molecule has 0 aliphatic carbocycles. The van der Waals surface area contributed by atoms with Crippen LogP contribution in [0.3, 0.4) is 0 Å². The third kappa shape index (κ3) is 3.28. The van der Waals surface area contributed by atoms with Gasteiger partial charge in [0.15, 0.2) is 0 Å². The molecule has 1 heterocycles. The van der Waals surface area contributed by atoms with Crippen molar-refractivity contribution in [3.63, 3.8) is 0 Å². The first kappa shape index (κ1) is 16.1. The zero-order chi connectivity index (χ0) is 16.6. The highest BCUT2D eigenvalue weighted by Crippen LogP contribution is 2.29. The van der Waals surface area contributed by atoms with Gasteiger partial charge < -0.3 is 4.57 Å². The average molecular weight is 368 g/mol. The Hall–Kier alpha value is -1.80. The van der Waals surface area contributed by atoms with Gasteiger partial charge in [-0.2, -0.15) is 0 Å². The first-order valence-corrected chi connectivity index (χ1v) is 8.71. The summed E-state index contributed by atoms with van der Waals surface area (Å²) in [6.45, 7) is 8.89. The maximum atomic E-state index is 3.51. The number of hydrogen-bond acceptors (Lipinski definition) is 0. The third-order valence-corrected chi connectivity index (χ3v) is 4.74. The van der Waals surface area contributed by atoms with Gasteiger partial charge in [0, 0.05) is 15.9 Å². The smallest absolute Gasteiger partial charge is 0.0531 e. The molecule has 2 aromatic carbocycles. The van der Waals surface area contributed by atoms with Gasteiger partial charge in [-0.25, -0.2) is 0 Å². The molecule has 0 atom stereocenters. The van der Waals surface area contributed by atoms with Gasteiger partial charge >= 0.3 is 0 Å². The fourth-order valence-corrected chi connectivity index (χ4v) is 3.10. The lowest BCUT2D eigenvalue weighted by molar-refractivity contribution is 0.590. The van der Waals surface area contributed by atoms with Gasteiger partial charge in [0.2, 0.25) is 0 Å². The van der Waals surface area contributed by atoms with E-state index in [0.717, 1.165) is 4.47 Å². The summed E-state index contributed by atoms with van der Waals surface area (Å²) in [7, 11) is 0. The highest BCUT2D eigenvalue weighted by atomic mass is 79.9. The normalized spacial score (nSPS) is 11.7. The lowest BCUT2D eigenvalue weighted by Gasteiger charge is -2.20. The Bertz CT molecular complexity index is 803. The zero-order valence-electron chi connectivity index (χ0n) is 14.1. The van der Waals surface area contributed by atoms with Gasteiger partial charge in [-0.3, -0.25) is 0 Å². The van der Waals surface area contributed by atoms with E-state index in [-0.39, 0.29) is 5.41 Å². The van der Waals surface area contributed by atoms with E-state index in [4.69, 9.17) is 0 Å². The Morgan fingerprint density at radius 3 is 1.96 bits per heavy atom. The van der Waals surface area contributed by atoms with Crippen LogP contribution < -0.4 is 0 Å². The molecule has 1 nitrogen and oxygen atoms in total. The molecule has 0 unspecified atom stereocenters. The zero-order valence-corrected chi connectivity index (χ0v) is 15.7. The fraction of sp³-hybridized carbons (Fsp3) is 0.238. The molecule has 0 N–H and O–H groups in total. The van der Waals surface area contributed by atoms with Crippen molar-refractivity contribution >= 4 is 15.9 Å². The molecule has 118 valence electrons. The Labute approximate surface area is 147 Å². The Balaban J connectivity index is 2.07. The number of aromatic nitrogens is 1. The fourth-order valence-electron chi connectivity index (χ4n) is 2.84. The van der Waals surface area contributed by atoms with E-state index in [2.05, 4.69) is 109 Å². The summed E-state index contributed by atoms with van der Waals surface area (Å²) in [5.74, 6) is 0. The Kier molecular flexibility index (Phi) is 4.20. The molecule has 0 spiro atoms. The highest BCUT2D eigenvalue weighted by molar-refractivity contribution is 9.10. The molecule has 0 bridgehead atoms. The number of rotatable bonds is 2. The predicted molar refractivity (Wildman–Crippen MR) is 102 cm³/mol. The molecule has 0 saturated heterocycles. The minimum absolute atomic E-state index is 0.179. The Morgan fingerprint density at radius 2 is 1.39 bits per heavy atom. The van der Waals surface area contributed by atoms with Gasteiger partial charge in [-0.05, 0) is 59.9 Å². The number of benzene rings is 2. The maximum absolute atomic E-state index is 3.51. The van der Waals surface area contributed by atoms with Crippen LogP contribution in [0.5, 0.6) is 0 Å². The van der Waals surface area contributed by atoms with Gasteiger partial charge in [0.25, 0.3) is 0 Å². The van der Waals surface area contributed by atoms with Gasteiger partial charge in [0.1, 0.15) is 0 Å². The molecule has 0 fully saturated rings. The van der Waals surface area contributed by atoms with Crippen molar-refractivity contribution in [2.75, 3.05) is 0 Å². The van der Waals surface area contributed by atoms with Crippen LogP contribution in [0.25, 0.3) is 16.9 Å². The monoisotopic (exact) mass is 367 g/mol. The number of halogens is 1. The van der Waals surface area contributed by atoms with Crippen LogP contribution in [0.1, 0.15) is 32.0 Å². The first-order valence-electron chi connectivity index (χ1n) is 7.91. The summed E-state index contributed by atoms with van der Waals surface area (Å²) in [6.07, 6.45) is 0. The number of nitrogens with zero attached hydrogens (tertiary/aromatic N) is 1. The topological polar surface area (TPSA) is 4.93 Å². The maximum Gasteiger partial charge on any atom is 0.0531 e. The standard InChI is InChI=1S/C21H22BrN/c1-15-5-14-20(16-6-10-18(22)11-7-16)23(15)19-12-8-17(9-13-19)21(2,3)4/h5-14H,1-4H3. The molecule has 0 aliphatic heterocycles. The Morgan fingerprint density at radius 1 is 0.783 bits per heavy atom. The lowest BCUT2D eigenvalue weighted by Crippen LogP contribution is -2.11. The van der Waals surface area contributed by atoms with E-state index >= 15 is 0 Å². The second-order valence-electron chi connectivity index (χ2n) is 7.00. The predicted octanol–water partition coefficient (Wildman–Crippen LogP) is 6.51. The van der Waals surface area contributed by atoms with Gasteiger partial charge in [0.05, 0.1) is 5.69 Å². The van der Waals surface area contributed by atoms with Crippen molar-refractivity contribution in [2.45, 2.75) is 33.1 Å². The van der Waals surface area contributed by atoms with Gasteiger partial charge in [-0.1, -0.05) is 61.0 Å². The van der Waals surface area contributed by atoms with Crippen molar-refractivity contribution in [3.8, 4) is 16.9 Å². The van der Waals surface area contributed by atoms with E-state index in [9.17, 15) is 0 Å². The third-order valence-electron chi connectivity index (χ3n) is 4.21. The molecule has 3 rings (SSSR count). The first-order chi connectivity index (χ1) is 10.9. The summed E-state index contributed by atoms with van der Waals surface area (Å²) >= 11 is 3.51. The van der Waals surface area contributed by atoms with Crippen LogP contribution in [0, 0.1) is 6.92 Å². The van der Waals surface area contributed by atoms with Crippen LogP contribution in [0.2, 0.25) is 0 Å². The molecule has 0 amide bonds. The van der Waals surface area contributed by atoms with E-state index in [0.29, 0.717) is 0 Å². The average Bonchev–Trinajstić information content (AvgIpc) is 2.89. The van der Waals surface area contributed by atoms with Crippen LogP contribution in [-0.4, -0.2) is 4.57 Å². The number of aryl methyl sites for hydroxylation is 1. The van der Waals surface area contributed by atoms with Crippen molar-refractivity contribution in [3.05, 3.63) is 76.4 Å². The molecular formula is C21H22BrN. The molecular weight excluding hydrogens is 346 g/mol. The highest BCUT2D eigenvalue weighted by Gasteiger charge is 2.14. The minimum Gasteiger partial charge on any atom is -0.314 e. The number of hydrogen-bond donors (Lipinski definition) is 0. The van der Waals surface area contributed by atoms with Crippen molar-refractivity contribution in [1.29, 1.82) is 0 Å². The second-order valence-corrected chi connectivity index (χ2v) is 7.91. The summed E-state index contributed by atoms with van der Waals surface area (Å²) < 4.78 is 3.42. The van der Waals surface area contributed by atoms with E-state index in [1.54, 1.807) is 0 Å². The SMILES string of the molecule is Cc1ccc(-c2ccc(Br)cc2)n1-c1ccc(C(C)(C)C)cc1. The largest absolute Gasteiger partial charge is 0.314 e. The summed E-state index contributed by atoms with van der Waals surface area (Å²) in [6, 6.07) is 21.8.